The average Bonchev–Trinajstić information content (AvgIpc) is 2.81. The minimum Gasteiger partial charge on any atom is -0.485 e. The van der Waals surface area contributed by atoms with Gasteiger partial charge in [0, 0.05) is 42.0 Å². The molecule has 0 atom stereocenters. The molecule has 36 heavy (non-hydrogen) atoms. The Balaban J connectivity index is 1.58. The van der Waals surface area contributed by atoms with E-state index in [0.717, 1.165) is 23.2 Å². The quantitative estimate of drug-likeness (QED) is 0.386. The van der Waals surface area contributed by atoms with Crippen molar-refractivity contribution < 1.29 is 26.7 Å². The summed E-state index contributed by atoms with van der Waals surface area (Å²) in [5.74, 6) is -1.57. The molecule has 3 heterocycles. The number of nitrogens with one attached hydrogen (secondary N) is 2. The van der Waals surface area contributed by atoms with Crippen LogP contribution in [0.1, 0.15) is 5.69 Å². The minimum absolute atomic E-state index is 0.000639. The summed E-state index contributed by atoms with van der Waals surface area (Å²) in [6, 6.07) is 7.38. The van der Waals surface area contributed by atoms with Gasteiger partial charge < -0.3 is 14.8 Å². The zero-order chi connectivity index (χ0) is 25.4. The second kappa shape index (κ2) is 9.28. The van der Waals surface area contributed by atoms with E-state index in [2.05, 4.69) is 25.0 Å². The predicted molar refractivity (Wildman–Crippen MR) is 129 cm³/mol. The van der Waals surface area contributed by atoms with Gasteiger partial charge in [0.25, 0.3) is 10.0 Å². The standard InChI is InChI=1S/C24H21F2N5O4S/c1-13-18-5-14(7-21(23(18)30-12-29-13)35-17-10-27-11-17)15-6-20(24(34-2)28-9-15)31-36(32,33)22-4-3-16(25)8-19(22)26/h3-9,12,17,27,31H,10-11H2,1-2H3. The number of benzene rings is 2. The van der Waals surface area contributed by atoms with Crippen LogP contribution in [0, 0.1) is 18.6 Å². The first-order valence-corrected chi connectivity index (χ1v) is 12.4. The lowest BCUT2D eigenvalue weighted by atomic mass is 10.0. The molecule has 1 aliphatic heterocycles. The molecule has 0 spiro atoms. The van der Waals surface area contributed by atoms with Crippen LogP contribution >= 0.6 is 0 Å². The first-order valence-electron chi connectivity index (χ1n) is 10.9. The Morgan fingerprint density at radius 3 is 2.56 bits per heavy atom. The number of halogens is 2. The number of hydrogen-bond acceptors (Lipinski definition) is 8. The SMILES string of the molecule is COc1ncc(-c2cc(OC3CNC3)c3ncnc(C)c3c2)cc1NS(=O)(=O)c1ccc(F)cc1F. The Morgan fingerprint density at radius 2 is 1.86 bits per heavy atom. The van der Waals surface area contributed by atoms with Gasteiger partial charge in [-0.05, 0) is 42.8 Å². The Labute approximate surface area is 205 Å². The van der Waals surface area contributed by atoms with Gasteiger partial charge in [0.15, 0.2) is 0 Å². The molecular weight excluding hydrogens is 492 g/mol. The van der Waals surface area contributed by atoms with E-state index in [4.69, 9.17) is 9.47 Å². The number of nitrogens with zero attached hydrogens (tertiary/aromatic N) is 3. The molecule has 1 saturated heterocycles. The molecule has 2 aromatic carbocycles. The lowest BCUT2D eigenvalue weighted by Gasteiger charge is -2.28. The summed E-state index contributed by atoms with van der Waals surface area (Å²) in [7, 11) is -3.09. The maximum Gasteiger partial charge on any atom is 0.264 e. The number of aromatic nitrogens is 3. The lowest BCUT2D eigenvalue weighted by molar-refractivity contribution is 0.144. The fourth-order valence-electron chi connectivity index (χ4n) is 3.78. The Bertz CT molecular complexity index is 1580. The van der Waals surface area contributed by atoms with Crippen LogP contribution in [0.5, 0.6) is 11.6 Å². The van der Waals surface area contributed by atoms with Crippen LogP contribution in [0.15, 0.2) is 53.8 Å². The van der Waals surface area contributed by atoms with E-state index < -0.39 is 26.6 Å². The number of hydrogen-bond donors (Lipinski definition) is 2. The van der Waals surface area contributed by atoms with Gasteiger partial charge in [-0.3, -0.25) is 4.72 Å². The van der Waals surface area contributed by atoms with E-state index >= 15 is 0 Å². The van der Waals surface area contributed by atoms with Gasteiger partial charge >= 0.3 is 0 Å². The molecule has 0 radical (unpaired) electrons. The van der Waals surface area contributed by atoms with Crippen molar-refractivity contribution in [2.24, 2.45) is 0 Å². The maximum absolute atomic E-state index is 14.2. The molecule has 2 aromatic heterocycles. The molecule has 12 heteroatoms. The molecule has 1 fully saturated rings. The summed E-state index contributed by atoms with van der Waals surface area (Å²) >= 11 is 0. The molecule has 0 bridgehead atoms. The molecule has 0 aliphatic carbocycles. The number of sulfonamides is 1. The summed E-state index contributed by atoms with van der Waals surface area (Å²) in [4.78, 5) is 12.2. The molecule has 0 amide bonds. The van der Waals surface area contributed by atoms with E-state index in [0.29, 0.717) is 41.5 Å². The van der Waals surface area contributed by atoms with Crippen LogP contribution in [0.3, 0.4) is 0 Å². The third-order valence-corrected chi connectivity index (χ3v) is 7.14. The van der Waals surface area contributed by atoms with Crippen LogP contribution in [0.4, 0.5) is 14.5 Å². The number of methoxy groups -OCH3 is 1. The third kappa shape index (κ3) is 4.52. The average molecular weight is 514 g/mol. The predicted octanol–water partition coefficient (Wildman–Crippen LogP) is 3.44. The summed E-state index contributed by atoms with van der Waals surface area (Å²) in [6.07, 6.45) is 2.99. The third-order valence-electron chi connectivity index (χ3n) is 5.75. The summed E-state index contributed by atoms with van der Waals surface area (Å²) in [6.45, 7) is 3.28. The highest BCUT2D eigenvalue weighted by atomic mass is 32.2. The van der Waals surface area contributed by atoms with Gasteiger partial charge in [0.2, 0.25) is 5.88 Å². The highest BCUT2D eigenvalue weighted by Gasteiger charge is 2.24. The highest BCUT2D eigenvalue weighted by molar-refractivity contribution is 7.92. The number of anilines is 1. The van der Waals surface area contributed by atoms with Crippen LogP contribution < -0.4 is 19.5 Å². The van der Waals surface area contributed by atoms with Crippen LogP contribution in [0.2, 0.25) is 0 Å². The van der Waals surface area contributed by atoms with Crippen molar-refractivity contribution in [3.8, 4) is 22.8 Å². The highest BCUT2D eigenvalue weighted by Crippen LogP contribution is 2.36. The van der Waals surface area contributed by atoms with Gasteiger partial charge in [-0.25, -0.2) is 32.2 Å². The zero-order valence-electron chi connectivity index (χ0n) is 19.2. The molecule has 5 rings (SSSR count). The molecule has 9 nitrogen and oxygen atoms in total. The number of ether oxygens (including phenoxy) is 2. The van der Waals surface area contributed by atoms with E-state index in [1.165, 1.54) is 25.7 Å². The first kappa shape index (κ1) is 23.8. The van der Waals surface area contributed by atoms with Gasteiger partial charge in [0.1, 0.15) is 45.9 Å². The van der Waals surface area contributed by atoms with Crippen molar-refractivity contribution in [1.29, 1.82) is 0 Å². The zero-order valence-corrected chi connectivity index (χ0v) is 20.1. The Kier molecular flexibility index (Phi) is 6.14. The molecule has 0 saturated carbocycles. The summed E-state index contributed by atoms with van der Waals surface area (Å²) < 4.78 is 66.9. The topological polar surface area (TPSA) is 115 Å². The Hall–Kier alpha value is -3.90. The van der Waals surface area contributed by atoms with Gasteiger partial charge in [-0.2, -0.15) is 0 Å². The Morgan fingerprint density at radius 1 is 1.06 bits per heavy atom. The van der Waals surface area contributed by atoms with Crippen molar-refractivity contribution in [2.45, 2.75) is 17.9 Å². The molecule has 0 unspecified atom stereocenters. The first-order chi connectivity index (χ1) is 17.2. The van der Waals surface area contributed by atoms with Gasteiger partial charge in [0.05, 0.1) is 7.11 Å². The smallest absolute Gasteiger partial charge is 0.264 e. The monoisotopic (exact) mass is 513 g/mol. The largest absolute Gasteiger partial charge is 0.485 e. The normalized spacial score (nSPS) is 13.9. The molecule has 2 N–H and O–H groups in total. The number of fused-ring (bicyclic) bond motifs is 1. The maximum atomic E-state index is 14.2. The van der Waals surface area contributed by atoms with Crippen molar-refractivity contribution in [1.82, 2.24) is 20.3 Å². The van der Waals surface area contributed by atoms with Crippen molar-refractivity contribution in [2.75, 3.05) is 24.9 Å². The lowest BCUT2D eigenvalue weighted by Crippen LogP contribution is -2.50. The summed E-state index contributed by atoms with van der Waals surface area (Å²) in [5, 5.41) is 3.92. The number of aryl methyl sites for hydroxylation is 1. The van der Waals surface area contributed by atoms with Gasteiger partial charge in [-0.15, -0.1) is 0 Å². The van der Waals surface area contributed by atoms with Gasteiger partial charge in [-0.1, -0.05) is 0 Å². The van der Waals surface area contributed by atoms with E-state index in [9.17, 15) is 17.2 Å². The molecule has 186 valence electrons. The fourth-order valence-corrected chi connectivity index (χ4v) is 4.89. The molecular formula is C24H21F2N5O4S. The van der Waals surface area contributed by atoms with Crippen molar-refractivity contribution in [3.05, 3.63) is 66.3 Å². The van der Waals surface area contributed by atoms with Crippen LogP contribution in [-0.2, 0) is 10.0 Å². The second-order valence-electron chi connectivity index (χ2n) is 8.19. The van der Waals surface area contributed by atoms with E-state index in [1.54, 1.807) is 6.07 Å². The van der Waals surface area contributed by atoms with Crippen molar-refractivity contribution >= 4 is 26.6 Å². The van der Waals surface area contributed by atoms with Crippen LogP contribution in [-0.4, -0.2) is 49.7 Å². The number of rotatable bonds is 7. The van der Waals surface area contributed by atoms with Crippen LogP contribution in [0.25, 0.3) is 22.0 Å². The number of pyridine rings is 1. The second-order valence-corrected chi connectivity index (χ2v) is 9.84. The van der Waals surface area contributed by atoms with E-state index in [-0.39, 0.29) is 17.7 Å². The van der Waals surface area contributed by atoms with E-state index in [1.807, 2.05) is 13.0 Å². The molecule has 1 aliphatic rings. The summed E-state index contributed by atoms with van der Waals surface area (Å²) in [5.41, 5.74) is 2.59. The minimum atomic E-state index is -4.42. The van der Waals surface area contributed by atoms with Crippen molar-refractivity contribution in [3.63, 3.8) is 0 Å². The fraction of sp³-hybridized carbons (Fsp3) is 0.208. The molecule has 4 aromatic rings.